The predicted octanol–water partition coefficient (Wildman–Crippen LogP) is 1.35. The van der Waals surface area contributed by atoms with E-state index in [0.717, 1.165) is 0 Å². The van der Waals surface area contributed by atoms with Crippen LogP contribution in [0.3, 0.4) is 0 Å². The van der Waals surface area contributed by atoms with Crippen molar-refractivity contribution >= 4 is 17.6 Å². The number of carbonyl (C=O) groups is 2. The van der Waals surface area contributed by atoms with Crippen molar-refractivity contribution in [3.8, 4) is 0 Å². The number of halogens is 3. The molecule has 1 saturated heterocycles. The van der Waals surface area contributed by atoms with E-state index in [9.17, 15) is 22.8 Å². The molecule has 3 amide bonds. The minimum atomic E-state index is -4.44. The summed E-state index contributed by atoms with van der Waals surface area (Å²) >= 11 is 0. The number of alkyl halides is 3. The highest BCUT2D eigenvalue weighted by molar-refractivity contribution is 5.96. The number of anilines is 1. The zero-order valence-corrected chi connectivity index (χ0v) is 15.3. The van der Waals surface area contributed by atoms with Crippen molar-refractivity contribution in [1.29, 1.82) is 0 Å². The molecule has 0 aliphatic carbocycles. The van der Waals surface area contributed by atoms with Gasteiger partial charge in [-0.05, 0) is 18.2 Å². The van der Waals surface area contributed by atoms with E-state index in [1.807, 2.05) is 0 Å². The molecular weight excluding hydrogens is 363 g/mol. The molecule has 0 aromatic heterocycles. The van der Waals surface area contributed by atoms with Crippen LogP contribution in [0.5, 0.6) is 0 Å². The highest BCUT2D eigenvalue weighted by Gasteiger charge is 2.43. The standard InChI is InChI=1S/C17H24F3N5O2/c1-24(2)16(27)23-13-5-3-4-12(10-13)15(26)22-11-14(17(18,19)20)25-8-6-21-7-9-25/h3-5,10,14,21H,6-9,11H2,1-2H3,(H,22,26)(H,23,27). The van der Waals surface area contributed by atoms with E-state index in [2.05, 4.69) is 16.0 Å². The van der Waals surface area contributed by atoms with E-state index < -0.39 is 24.7 Å². The van der Waals surface area contributed by atoms with E-state index in [1.54, 1.807) is 26.2 Å². The van der Waals surface area contributed by atoms with Gasteiger partial charge < -0.3 is 20.9 Å². The van der Waals surface area contributed by atoms with Gasteiger partial charge in [-0.15, -0.1) is 0 Å². The van der Waals surface area contributed by atoms with Gasteiger partial charge in [-0.3, -0.25) is 9.69 Å². The van der Waals surface area contributed by atoms with Gasteiger partial charge in [-0.2, -0.15) is 13.2 Å². The van der Waals surface area contributed by atoms with Gasteiger partial charge in [0, 0.05) is 58.1 Å². The third kappa shape index (κ3) is 6.10. The van der Waals surface area contributed by atoms with Crippen LogP contribution in [0.4, 0.5) is 23.7 Å². The Morgan fingerprint density at radius 3 is 2.52 bits per heavy atom. The number of urea groups is 1. The molecule has 3 N–H and O–H groups in total. The SMILES string of the molecule is CN(C)C(=O)Nc1cccc(C(=O)NCC(N2CCNCC2)C(F)(F)F)c1. The quantitative estimate of drug-likeness (QED) is 0.713. The summed E-state index contributed by atoms with van der Waals surface area (Å²) in [7, 11) is 3.14. The molecule has 1 aliphatic rings. The summed E-state index contributed by atoms with van der Waals surface area (Å²) in [5.41, 5.74) is 0.559. The number of carbonyl (C=O) groups excluding carboxylic acids is 2. The van der Waals surface area contributed by atoms with Gasteiger partial charge in [0.2, 0.25) is 0 Å². The van der Waals surface area contributed by atoms with Crippen LogP contribution in [0.2, 0.25) is 0 Å². The first-order chi connectivity index (χ1) is 12.7. The maximum atomic E-state index is 13.4. The van der Waals surface area contributed by atoms with E-state index in [-0.39, 0.29) is 24.7 Å². The summed E-state index contributed by atoms with van der Waals surface area (Å²) in [5.74, 6) is -0.625. The van der Waals surface area contributed by atoms with Gasteiger partial charge >= 0.3 is 12.2 Å². The first-order valence-electron chi connectivity index (χ1n) is 8.56. The molecule has 1 heterocycles. The average molecular weight is 387 g/mol. The van der Waals surface area contributed by atoms with Crippen molar-refractivity contribution in [3.05, 3.63) is 29.8 Å². The maximum Gasteiger partial charge on any atom is 0.405 e. The topological polar surface area (TPSA) is 76.7 Å². The van der Waals surface area contributed by atoms with Crippen LogP contribution in [0.25, 0.3) is 0 Å². The second-order valence-electron chi connectivity index (χ2n) is 6.46. The summed E-state index contributed by atoms with van der Waals surface area (Å²) < 4.78 is 40.1. The number of nitrogens with zero attached hydrogens (tertiary/aromatic N) is 2. The van der Waals surface area contributed by atoms with Crippen LogP contribution in [0.15, 0.2) is 24.3 Å². The molecule has 150 valence electrons. The van der Waals surface area contributed by atoms with E-state index in [1.165, 1.54) is 21.9 Å². The second-order valence-corrected chi connectivity index (χ2v) is 6.46. The predicted molar refractivity (Wildman–Crippen MR) is 95.8 cm³/mol. The molecular formula is C17H24F3N5O2. The van der Waals surface area contributed by atoms with E-state index in [0.29, 0.717) is 18.8 Å². The Hall–Kier alpha value is -2.33. The smallest absolute Gasteiger partial charge is 0.350 e. The van der Waals surface area contributed by atoms with E-state index >= 15 is 0 Å². The van der Waals surface area contributed by atoms with Crippen LogP contribution in [0, 0.1) is 0 Å². The molecule has 1 unspecified atom stereocenters. The molecule has 0 bridgehead atoms. The second kappa shape index (κ2) is 9.05. The Morgan fingerprint density at radius 1 is 1.26 bits per heavy atom. The normalized spacial score (nSPS) is 16.5. The molecule has 1 atom stereocenters. The van der Waals surface area contributed by atoms with Gasteiger partial charge in [0.05, 0.1) is 0 Å². The molecule has 0 radical (unpaired) electrons. The van der Waals surface area contributed by atoms with Crippen molar-refractivity contribution in [3.63, 3.8) is 0 Å². The molecule has 0 saturated carbocycles. The summed E-state index contributed by atoms with van der Waals surface area (Å²) in [5, 5.41) is 7.96. The number of hydrogen-bond donors (Lipinski definition) is 3. The molecule has 0 spiro atoms. The fourth-order valence-electron chi connectivity index (χ4n) is 2.71. The summed E-state index contributed by atoms with van der Waals surface area (Å²) in [6.45, 7) is 0.969. The number of piperazine rings is 1. The monoisotopic (exact) mass is 387 g/mol. The summed E-state index contributed by atoms with van der Waals surface area (Å²) in [4.78, 5) is 26.6. The lowest BCUT2D eigenvalue weighted by Gasteiger charge is -2.35. The molecule has 1 aromatic rings. The minimum Gasteiger partial charge on any atom is -0.350 e. The summed E-state index contributed by atoms with van der Waals surface area (Å²) in [6, 6.07) is 3.94. The van der Waals surface area contributed by atoms with Gasteiger partial charge in [-0.1, -0.05) is 6.07 Å². The lowest BCUT2D eigenvalue weighted by Crippen LogP contribution is -2.57. The molecule has 10 heteroatoms. The molecule has 7 nitrogen and oxygen atoms in total. The summed E-state index contributed by atoms with van der Waals surface area (Å²) in [6.07, 6.45) is -4.44. The fourth-order valence-corrected chi connectivity index (χ4v) is 2.71. The van der Waals surface area contributed by atoms with Gasteiger partial charge in [0.25, 0.3) is 5.91 Å². The van der Waals surface area contributed by atoms with Crippen LogP contribution in [-0.2, 0) is 0 Å². The largest absolute Gasteiger partial charge is 0.405 e. The maximum absolute atomic E-state index is 13.4. The zero-order chi connectivity index (χ0) is 20.0. The van der Waals surface area contributed by atoms with Crippen molar-refractivity contribution in [2.75, 3.05) is 52.1 Å². The number of nitrogens with one attached hydrogen (secondary N) is 3. The molecule has 1 fully saturated rings. The third-order valence-corrected chi connectivity index (χ3v) is 4.21. The third-order valence-electron chi connectivity index (χ3n) is 4.21. The lowest BCUT2D eigenvalue weighted by atomic mass is 10.1. The van der Waals surface area contributed by atoms with E-state index in [4.69, 9.17) is 0 Å². The number of benzene rings is 1. The van der Waals surface area contributed by atoms with Crippen molar-refractivity contribution in [2.24, 2.45) is 0 Å². The van der Waals surface area contributed by atoms with Gasteiger partial charge in [-0.25, -0.2) is 4.79 Å². The molecule has 2 rings (SSSR count). The van der Waals surface area contributed by atoms with Crippen molar-refractivity contribution in [1.82, 2.24) is 20.4 Å². The number of amides is 3. The van der Waals surface area contributed by atoms with Crippen LogP contribution < -0.4 is 16.0 Å². The lowest BCUT2D eigenvalue weighted by molar-refractivity contribution is -0.183. The average Bonchev–Trinajstić information content (AvgIpc) is 2.61. The Morgan fingerprint density at radius 2 is 1.93 bits per heavy atom. The highest BCUT2D eigenvalue weighted by atomic mass is 19.4. The minimum absolute atomic E-state index is 0.174. The number of hydrogen-bond acceptors (Lipinski definition) is 4. The van der Waals surface area contributed by atoms with Crippen LogP contribution >= 0.6 is 0 Å². The highest BCUT2D eigenvalue weighted by Crippen LogP contribution is 2.25. The first-order valence-corrected chi connectivity index (χ1v) is 8.56. The molecule has 1 aromatic carbocycles. The van der Waals surface area contributed by atoms with Crippen LogP contribution in [-0.4, -0.2) is 80.8 Å². The van der Waals surface area contributed by atoms with Crippen molar-refractivity contribution in [2.45, 2.75) is 12.2 Å². The Labute approximate surface area is 155 Å². The Balaban J connectivity index is 2.01. The first kappa shape index (κ1) is 21.0. The number of rotatable bonds is 5. The molecule has 27 heavy (non-hydrogen) atoms. The Kier molecular flexibility index (Phi) is 7.03. The fraction of sp³-hybridized carbons (Fsp3) is 0.529. The zero-order valence-electron chi connectivity index (χ0n) is 15.3. The van der Waals surface area contributed by atoms with Crippen molar-refractivity contribution < 1.29 is 22.8 Å². The Bertz CT molecular complexity index is 660. The van der Waals surface area contributed by atoms with Gasteiger partial charge in [0.15, 0.2) is 0 Å². The van der Waals surface area contributed by atoms with Crippen LogP contribution in [0.1, 0.15) is 10.4 Å². The molecule has 1 aliphatic heterocycles. The van der Waals surface area contributed by atoms with Gasteiger partial charge in [0.1, 0.15) is 6.04 Å².